The number of aryl methyl sites for hydroxylation is 1. The molecule has 20 heavy (non-hydrogen) atoms. The van der Waals surface area contributed by atoms with Gasteiger partial charge in [0.2, 0.25) is 0 Å². The molecule has 2 atom stereocenters. The van der Waals surface area contributed by atoms with Crippen molar-refractivity contribution in [2.75, 3.05) is 11.4 Å². The second-order valence-electron chi connectivity index (χ2n) is 5.33. The van der Waals surface area contributed by atoms with Crippen molar-refractivity contribution < 1.29 is 14.8 Å². The molecular weight excluding hydrogens is 260 g/mol. The zero-order valence-electron chi connectivity index (χ0n) is 11.6. The van der Waals surface area contributed by atoms with Gasteiger partial charge < -0.3 is 10.0 Å². The van der Waals surface area contributed by atoms with E-state index in [2.05, 4.69) is 0 Å². The highest BCUT2D eigenvalue weighted by molar-refractivity contribution is 5.70. The number of nitrogens with zero attached hydrogens (tertiary/aromatic N) is 2. The van der Waals surface area contributed by atoms with Crippen LogP contribution in [0.15, 0.2) is 18.2 Å². The van der Waals surface area contributed by atoms with Gasteiger partial charge >= 0.3 is 5.97 Å². The van der Waals surface area contributed by atoms with Gasteiger partial charge in [-0.1, -0.05) is 6.07 Å². The minimum atomic E-state index is -0.758. The van der Waals surface area contributed by atoms with Crippen LogP contribution in [0, 0.1) is 23.0 Å². The van der Waals surface area contributed by atoms with Gasteiger partial charge in [0.05, 0.1) is 10.8 Å². The van der Waals surface area contributed by atoms with E-state index in [0.29, 0.717) is 24.9 Å². The van der Waals surface area contributed by atoms with Crippen molar-refractivity contribution in [2.45, 2.75) is 32.7 Å². The molecule has 1 aliphatic rings. The third-order valence-electron chi connectivity index (χ3n) is 3.95. The lowest BCUT2D eigenvalue weighted by atomic mass is 9.91. The molecule has 0 spiro atoms. The number of rotatable bonds is 3. The Bertz CT molecular complexity index is 544. The molecule has 2 rings (SSSR count). The van der Waals surface area contributed by atoms with Crippen molar-refractivity contribution >= 4 is 17.3 Å². The first-order chi connectivity index (χ1) is 9.40. The summed E-state index contributed by atoms with van der Waals surface area (Å²) in [6.07, 6.45) is 1.14. The smallest absolute Gasteiger partial charge is 0.306 e. The Kier molecular flexibility index (Phi) is 3.92. The minimum Gasteiger partial charge on any atom is -0.481 e. The number of anilines is 1. The van der Waals surface area contributed by atoms with E-state index in [-0.39, 0.29) is 22.6 Å². The van der Waals surface area contributed by atoms with E-state index >= 15 is 0 Å². The van der Waals surface area contributed by atoms with Crippen LogP contribution >= 0.6 is 0 Å². The van der Waals surface area contributed by atoms with E-state index in [1.165, 1.54) is 0 Å². The summed E-state index contributed by atoms with van der Waals surface area (Å²) in [5.41, 5.74) is 1.53. The highest BCUT2D eigenvalue weighted by atomic mass is 16.6. The molecule has 6 heteroatoms. The van der Waals surface area contributed by atoms with Gasteiger partial charge in [-0.25, -0.2) is 0 Å². The summed E-state index contributed by atoms with van der Waals surface area (Å²) in [7, 11) is 0. The van der Waals surface area contributed by atoms with Gasteiger partial charge in [0.1, 0.15) is 0 Å². The van der Waals surface area contributed by atoms with Crippen LogP contribution in [0.25, 0.3) is 0 Å². The van der Waals surface area contributed by atoms with Crippen LogP contribution in [0.1, 0.15) is 25.3 Å². The maximum Gasteiger partial charge on any atom is 0.306 e. The molecule has 6 nitrogen and oxygen atoms in total. The molecule has 0 saturated carbocycles. The third kappa shape index (κ3) is 2.74. The Morgan fingerprint density at radius 2 is 2.20 bits per heavy atom. The van der Waals surface area contributed by atoms with E-state index in [0.717, 1.165) is 5.69 Å². The number of carboxylic acid groups (broad SMARTS) is 1. The zero-order chi connectivity index (χ0) is 14.9. The summed E-state index contributed by atoms with van der Waals surface area (Å²) >= 11 is 0. The molecule has 0 radical (unpaired) electrons. The Morgan fingerprint density at radius 1 is 1.50 bits per heavy atom. The lowest BCUT2D eigenvalue weighted by Crippen LogP contribution is -2.42. The van der Waals surface area contributed by atoms with Crippen molar-refractivity contribution in [2.24, 2.45) is 5.92 Å². The maximum atomic E-state index is 11.0. The molecule has 0 amide bonds. The lowest BCUT2D eigenvalue weighted by molar-refractivity contribution is -0.385. The Morgan fingerprint density at radius 3 is 2.75 bits per heavy atom. The predicted molar refractivity (Wildman–Crippen MR) is 75.0 cm³/mol. The first kappa shape index (κ1) is 14.3. The van der Waals surface area contributed by atoms with Crippen molar-refractivity contribution in [3.63, 3.8) is 0 Å². The quantitative estimate of drug-likeness (QED) is 0.678. The van der Waals surface area contributed by atoms with Gasteiger partial charge in [-0.3, -0.25) is 14.9 Å². The number of aliphatic carboxylic acids is 1. The van der Waals surface area contributed by atoms with Gasteiger partial charge in [-0.05, 0) is 32.8 Å². The Balaban J connectivity index is 2.22. The van der Waals surface area contributed by atoms with Crippen LogP contribution in [0.5, 0.6) is 0 Å². The summed E-state index contributed by atoms with van der Waals surface area (Å²) in [5.74, 6) is -1.08. The zero-order valence-corrected chi connectivity index (χ0v) is 11.6. The van der Waals surface area contributed by atoms with E-state index < -0.39 is 5.97 Å². The summed E-state index contributed by atoms with van der Waals surface area (Å²) in [5, 5.41) is 20.0. The second kappa shape index (κ2) is 5.48. The van der Waals surface area contributed by atoms with Crippen molar-refractivity contribution in [1.29, 1.82) is 0 Å². The molecule has 1 aliphatic heterocycles. The largest absolute Gasteiger partial charge is 0.481 e. The summed E-state index contributed by atoms with van der Waals surface area (Å²) < 4.78 is 0. The van der Waals surface area contributed by atoms with Crippen LogP contribution in [-0.2, 0) is 4.79 Å². The second-order valence-corrected chi connectivity index (χ2v) is 5.33. The predicted octanol–water partition coefficient (Wildman–Crippen LogP) is 2.59. The Labute approximate surface area is 117 Å². The third-order valence-corrected chi connectivity index (χ3v) is 3.95. The number of nitro benzene ring substituents is 1. The van der Waals surface area contributed by atoms with Gasteiger partial charge in [0.15, 0.2) is 0 Å². The fourth-order valence-electron chi connectivity index (χ4n) is 2.75. The summed E-state index contributed by atoms with van der Waals surface area (Å²) in [6, 6.07) is 5.24. The SMILES string of the molecule is Cc1ccc(N2CCC(C(=O)O)CC2C)cc1[N+](=O)[O-]. The topological polar surface area (TPSA) is 83.7 Å². The van der Waals surface area contributed by atoms with Crippen LogP contribution in [-0.4, -0.2) is 28.6 Å². The molecule has 2 unspecified atom stereocenters. The standard InChI is InChI=1S/C14H18N2O4/c1-9-3-4-12(8-13(9)16(19)20)15-6-5-11(14(17)18)7-10(15)2/h3-4,8,10-11H,5-7H2,1-2H3,(H,17,18). The van der Waals surface area contributed by atoms with E-state index in [9.17, 15) is 14.9 Å². The summed E-state index contributed by atoms with van der Waals surface area (Å²) in [6.45, 7) is 4.28. The maximum absolute atomic E-state index is 11.0. The minimum absolute atomic E-state index is 0.0622. The lowest BCUT2D eigenvalue weighted by Gasteiger charge is -2.38. The number of hydrogen-bond donors (Lipinski definition) is 1. The van der Waals surface area contributed by atoms with E-state index in [1.807, 2.05) is 17.9 Å². The van der Waals surface area contributed by atoms with E-state index in [4.69, 9.17) is 5.11 Å². The van der Waals surface area contributed by atoms with Gasteiger partial charge in [0, 0.05) is 29.9 Å². The fourth-order valence-corrected chi connectivity index (χ4v) is 2.75. The first-order valence-electron chi connectivity index (χ1n) is 6.64. The molecule has 108 valence electrons. The molecular formula is C14H18N2O4. The molecule has 0 bridgehead atoms. The van der Waals surface area contributed by atoms with E-state index in [1.54, 1.807) is 19.1 Å². The van der Waals surface area contributed by atoms with Crippen molar-refractivity contribution in [1.82, 2.24) is 0 Å². The van der Waals surface area contributed by atoms with Crippen LogP contribution in [0.3, 0.4) is 0 Å². The molecule has 0 aromatic heterocycles. The monoisotopic (exact) mass is 278 g/mol. The summed E-state index contributed by atoms with van der Waals surface area (Å²) in [4.78, 5) is 23.7. The Hall–Kier alpha value is -2.11. The molecule has 1 fully saturated rings. The van der Waals surface area contributed by atoms with Crippen molar-refractivity contribution in [3.05, 3.63) is 33.9 Å². The van der Waals surface area contributed by atoms with Crippen LogP contribution in [0.2, 0.25) is 0 Å². The molecule has 1 N–H and O–H groups in total. The fraction of sp³-hybridized carbons (Fsp3) is 0.500. The average Bonchev–Trinajstić information content (AvgIpc) is 2.39. The number of nitro groups is 1. The number of piperidine rings is 1. The highest BCUT2D eigenvalue weighted by Gasteiger charge is 2.30. The van der Waals surface area contributed by atoms with Crippen molar-refractivity contribution in [3.8, 4) is 0 Å². The number of carboxylic acids is 1. The molecule has 1 saturated heterocycles. The highest BCUT2D eigenvalue weighted by Crippen LogP contribution is 2.31. The van der Waals surface area contributed by atoms with Crippen LogP contribution < -0.4 is 4.90 Å². The first-order valence-corrected chi connectivity index (χ1v) is 6.64. The molecule has 0 aliphatic carbocycles. The average molecular weight is 278 g/mol. The van der Waals surface area contributed by atoms with Crippen LogP contribution in [0.4, 0.5) is 11.4 Å². The van der Waals surface area contributed by atoms with Gasteiger partial charge in [0.25, 0.3) is 5.69 Å². The molecule has 1 heterocycles. The molecule has 1 aromatic rings. The van der Waals surface area contributed by atoms with Gasteiger partial charge in [-0.15, -0.1) is 0 Å². The normalized spacial score (nSPS) is 22.6. The number of carbonyl (C=O) groups is 1. The van der Waals surface area contributed by atoms with Gasteiger partial charge in [-0.2, -0.15) is 0 Å². The number of benzene rings is 1. The molecule has 1 aromatic carbocycles. The number of hydrogen-bond acceptors (Lipinski definition) is 4.